The largest absolute Gasteiger partial charge is 1.00 e. The van der Waals surface area contributed by atoms with E-state index in [1.807, 2.05) is 6.79 Å². The van der Waals surface area contributed by atoms with Crippen LogP contribution >= 0.6 is 12.3 Å². The van der Waals surface area contributed by atoms with Crippen molar-refractivity contribution in [2.75, 3.05) is 13.2 Å². The van der Waals surface area contributed by atoms with Crippen LogP contribution in [-0.2, 0) is 4.79 Å². The summed E-state index contributed by atoms with van der Waals surface area (Å²) in [5.41, 5.74) is 4.78. The Morgan fingerprint density at radius 1 is 1.36 bits per heavy atom. The molecule has 0 amide bonds. The topological polar surface area (TPSA) is 109 Å². The van der Waals surface area contributed by atoms with Gasteiger partial charge in [0.2, 0.25) is 0 Å². The molecule has 0 aliphatic rings. The Hall–Kier alpha value is 1.86. The number of carbonyl (C=O) groups is 1. The van der Waals surface area contributed by atoms with Gasteiger partial charge in [0.1, 0.15) is 6.79 Å². The fourth-order valence-electron chi connectivity index (χ4n) is 0. The zero-order chi connectivity index (χ0) is 8.12. The van der Waals surface area contributed by atoms with Crippen molar-refractivity contribution in [3.05, 3.63) is 0 Å². The molecule has 0 aliphatic carbocycles. The third kappa shape index (κ3) is 141. The van der Waals surface area contributed by atoms with E-state index in [0.717, 1.165) is 0 Å². The van der Waals surface area contributed by atoms with Gasteiger partial charge in [-0.15, -0.1) is 0 Å². The molecule has 0 heterocycles. The molecule has 3 N–H and O–H groups in total. The van der Waals surface area contributed by atoms with E-state index in [1.54, 1.807) is 0 Å². The summed E-state index contributed by atoms with van der Waals surface area (Å²) in [5.74, 6) is 0. The van der Waals surface area contributed by atoms with Gasteiger partial charge in [0, 0.05) is 6.54 Å². The van der Waals surface area contributed by atoms with Crippen molar-refractivity contribution in [1.82, 2.24) is 0 Å². The fourth-order valence-corrected chi connectivity index (χ4v) is 0. The molecular formula is C3H9NNa2O4S. The first kappa shape index (κ1) is 29.3. The van der Waals surface area contributed by atoms with E-state index in [1.165, 1.54) is 0 Å². The Labute approximate surface area is 115 Å². The molecule has 0 aromatic carbocycles. The van der Waals surface area contributed by atoms with Crippen molar-refractivity contribution >= 4 is 19.1 Å². The van der Waals surface area contributed by atoms with E-state index in [0.29, 0.717) is 6.54 Å². The molecule has 0 aromatic heterocycles. The summed E-state index contributed by atoms with van der Waals surface area (Å²) in [4.78, 5) is 8.00. The Balaban J connectivity index is -0.0000000158. The normalized spacial score (nSPS) is 4.73. The van der Waals surface area contributed by atoms with Crippen molar-refractivity contribution < 1.29 is 78.1 Å². The van der Waals surface area contributed by atoms with Gasteiger partial charge in [-0.3, -0.25) is 0 Å². The Morgan fingerprint density at radius 2 is 1.45 bits per heavy atom. The number of nitrogens with two attached hydrogens (primary N) is 1. The van der Waals surface area contributed by atoms with Crippen LogP contribution in [0.5, 0.6) is 0 Å². The van der Waals surface area contributed by atoms with Gasteiger partial charge in [-0.1, -0.05) is 0 Å². The molecule has 0 atom stereocenters. The molecule has 0 bridgehead atoms. The first-order chi connectivity index (χ1) is 4.33. The number of carbonyl (C=O) groups excluding carboxylic acids is 1. The third-order valence-corrected chi connectivity index (χ3v) is 0.129. The Bertz CT molecular complexity index is 37.3. The average Bonchev–Trinajstić information content (AvgIpc) is 1.94. The van der Waals surface area contributed by atoms with Crippen molar-refractivity contribution in [1.29, 1.82) is 0 Å². The number of hydrogen-bond acceptors (Lipinski definition) is 6. The fraction of sp³-hybridized carbons (Fsp3) is 0.667. The third-order valence-electron chi connectivity index (χ3n) is 0.129. The summed E-state index contributed by atoms with van der Waals surface area (Å²) >= 11 is -0.750. The van der Waals surface area contributed by atoms with Gasteiger partial charge < -0.3 is 37.1 Å². The maximum Gasteiger partial charge on any atom is 1.00 e. The first-order valence-corrected chi connectivity index (χ1v) is 2.51. The first-order valence-electron chi connectivity index (χ1n) is 1.85. The van der Waals surface area contributed by atoms with Gasteiger partial charge in [-0.25, -0.2) is 0 Å². The molecule has 0 aromatic rings. The minimum atomic E-state index is -0.750. The number of hydrogen-bond donors (Lipinski definition) is 2. The predicted octanol–water partition coefficient (Wildman–Crippen LogP) is -7.26. The summed E-state index contributed by atoms with van der Waals surface area (Å²) in [6.07, 6.45) is 0. The Kier molecular flexibility index (Phi) is 158. The molecule has 0 rings (SSSR count). The number of aliphatic hydroxyl groups is 1. The zero-order valence-electron chi connectivity index (χ0n) is 6.78. The maximum absolute atomic E-state index is 8.29. The molecule has 0 saturated heterocycles. The van der Waals surface area contributed by atoms with Crippen LogP contribution in [0.15, 0.2) is 0 Å². The van der Waals surface area contributed by atoms with Gasteiger partial charge in [0.25, 0.3) is 0 Å². The average molecular weight is 201 g/mol. The van der Waals surface area contributed by atoms with E-state index in [4.69, 9.17) is 24.7 Å². The van der Waals surface area contributed by atoms with Crippen LogP contribution in [0.2, 0.25) is 0 Å². The molecule has 8 heteroatoms. The van der Waals surface area contributed by atoms with Crippen LogP contribution < -0.4 is 64.8 Å². The van der Waals surface area contributed by atoms with Crippen molar-refractivity contribution in [3.8, 4) is 0 Å². The van der Waals surface area contributed by atoms with Gasteiger partial charge >= 0.3 is 59.1 Å². The van der Waals surface area contributed by atoms with Crippen molar-refractivity contribution in [3.63, 3.8) is 0 Å². The summed E-state index contributed by atoms with van der Waals surface area (Å²) in [7, 11) is 0. The smallest absolute Gasteiger partial charge is 0.811 e. The molecule has 11 heavy (non-hydrogen) atoms. The second-order valence-corrected chi connectivity index (χ2v) is 0.716. The second-order valence-electron chi connectivity index (χ2n) is 0.580. The second kappa shape index (κ2) is 59.2. The van der Waals surface area contributed by atoms with E-state index >= 15 is 0 Å². The van der Waals surface area contributed by atoms with Crippen LogP contribution in [0.3, 0.4) is 0 Å². The molecular weight excluding hydrogens is 192 g/mol. The zero-order valence-corrected chi connectivity index (χ0v) is 11.6. The van der Waals surface area contributed by atoms with Crippen LogP contribution in [0.25, 0.3) is 0 Å². The molecule has 0 saturated carbocycles. The van der Waals surface area contributed by atoms with Crippen LogP contribution in [-0.4, -0.2) is 34.2 Å². The summed E-state index contributed by atoms with van der Waals surface area (Å²) in [5, 5.41) is 7.75. The van der Waals surface area contributed by atoms with Crippen molar-refractivity contribution in [2.24, 2.45) is 5.73 Å². The van der Waals surface area contributed by atoms with Gasteiger partial charge in [0.15, 0.2) is 0 Å². The molecule has 5 nitrogen and oxygen atoms in total. The molecule has 0 radical (unpaired) electrons. The standard InChI is InChI=1S/C2H7NO.CH2O.2Na.H2O2S/c3-1-2-4;1-2;;;1-3-2/h4H,1-3H2;1H2;;;1-2H/q;;2*+1;/p-2. The number of rotatable bonds is 1. The summed E-state index contributed by atoms with van der Waals surface area (Å²) in [6.45, 7) is 2.47. The van der Waals surface area contributed by atoms with Gasteiger partial charge in [-0.2, -0.15) is 0 Å². The SMILES string of the molecule is C=O.NCCO.[Na+].[Na+].[O-]S[O-]. The summed E-state index contributed by atoms with van der Waals surface area (Å²) in [6, 6.07) is 0. The molecule has 0 spiro atoms. The molecule has 0 unspecified atom stereocenters. The van der Waals surface area contributed by atoms with E-state index < -0.39 is 12.3 Å². The maximum atomic E-state index is 8.29. The van der Waals surface area contributed by atoms with Crippen LogP contribution in [0.4, 0.5) is 0 Å². The van der Waals surface area contributed by atoms with E-state index in [2.05, 4.69) is 0 Å². The van der Waals surface area contributed by atoms with E-state index in [9.17, 15) is 0 Å². The molecule has 0 aliphatic heterocycles. The van der Waals surface area contributed by atoms with Crippen LogP contribution in [0.1, 0.15) is 0 Å². The van der Waals surface area contributed by atoms with E-state index in [-0.39, 0.29) is 65.7 Å². The molecule has 0 fully saturated rings. The summed E-state index contributed by atoms with van der Waals surface area (Å²) < 4.78 is 16.6. The number of aliphatic hydroxyl groups excluding tert-OH is 1. The minimum Gasteiger partial charge on any atom is -0.811 e. The Morgan fingerprint density at radius 3 is 1.45 bits per heavy atom. The van der Waals surface area contributed by atoms with Crippen LogP contribution in [0, 0.1) is 0 Å². The molecule has 58 valence electrons. The quantitative estimate of drug-likeness (QED) is 0.322. The van der Waals surface area contributed by atoms with Gasteiger partial charge in [0.05, 0.1) is 6.61 Å². The van der Waals surface area contributed by atoms with Gasteiger partial charge in [-0.05, 0) is 0 Å². The van der Waals surface area contributed by atoms with Crippen molar-refractivity contribution in [2.45, 2.75) is 0 Å². The minimum absolute atomic E-state index is 0. The predicted molar refractivity (Wildman–Crippen MR) is 32.4 cm³/mol. The monoisotopic (exact) mass is 201 g/mol.